The van der Waals surface area contributed by atoms with Crippen molar-refractivity contribution < 1.29 is 4.74 Å². The summed E-state index contributed by atoms with van der Waals surface area (Å²) in [4.78, 5) is 8.69. The first-order valence-electron chi connectivity index (χ1n) is 7.91. The number of rotatable bonds is 11. The quantitative estimate of drug-likeness (QED) is 0.624. The maximum absolute atomic E-state index is 5.32. The molecule has 0 amide bonds. The lowest BCUT2D eigenvalue weighted by Crippen LogP contribution is -2.22. The van der Waals surface area contributed by atoms with Crippen molar-refractivity contribution in [2.75, 3.05) is 13.7 Å². The lowest BCUT2D eigenvalue weighted by Gasteiger charge is -2.18. The molecule has 0 aliphatic rings. The Balaban J connectivity index is 2.47. The number of nitrogens with zero attached hydrogens (tertiary/aromatic N) is 2. The van der Waals surface area contributed by atoms with E-state index in [1.54, 1.807) is 19.5 Å². The van der Waals surface area contributed by atoms with E-state index in [2.05, 4.69) is 29.1 Å². The smallest absolute Gasteiger partial charge is 0.236 e. The third-order valence-corrected chi connectivity index (χ3v) is 3.51. The minimum atomic E-state index is 0.245. The lowest BCUT2D eigenvalue weighted by atomic mass is 10.0. The lowest BCUT2D eigenvalue weighted by molar-refractivity contribution is 0.371. The molecule has 114 valence electrons. The van der Waals surface area contributed by atoms with Crippen LogP contribution in [0.25, 0.3) is 0 Å². The van der Waals surface area contributed by atoms with E-state index >= 15 is 0 Å². The van der Waals surface area contributed by atoms with Gasteiger partial charge in [0.1, 0.15) is 5.69 Å². The number of hydrogen-bond donors (Lipinski definition) is 1. The molecule has 0 aliphatic heterocycles. The highest BCUT2D eigenvalue weighted by Crippen LogP contribution is 2.24. The van der Waals surface area contributed by atoms with Crippen LogP contribution in [0, 0.1) is 0 Å². The van der Waals surface area contributed by atoms with Gasteiger partial charge in [-0.3, -0.25) is 4.98 Å². The fraction of sp³-hybridized carbons (Fsp3) is 0.750. The molecule has 20 heavy (non-hydrogen) atoms. The van der Waals surface area contributed by atoms with E-state index in [-0.39, 0.29) is 6.04 Å². The van der Waals surface area contributed by atoms with Gasteiger partial charge in [0, 0.05) is 12.4 Å². The summed E-state index contributed by atoms with van der Waals surface area (Å²) in [6, 6.07) is 0.245. The van der Waals surface area contributed by atoms with Crippen molar-refractivity contribution in [2.45, 2.75) is 64.8 Å². The summed E-state index contributed by atoms with van der Waals surface area (Å²) in [5.74, 6) is 0.643. The van der Waals surface area contributed by atoms with Crippen molar-refractivity contribution in [1.82, 2.24) is 15.3 Å². The standard InChI is InChI=1S/C16H29N3O/c1-4-6-7-8-9-10-11-14(17-5-2)15-16(20-3)19-13-12-18-15/h12-14,17H,4-11H2,1-3H3. The van der Waals surface area contributed by atoms with E-state index in [0.29, 0.717) is 5.88 Å². The molecule has 4 nitrogen and oxygen atoms in total. The maximum atomic E-state index is 5.32. The number of ether oxygens (including phenoxy) is 1. The Labute approximate surface area is 123 Å². The summed E-state index contributed by atoms with van der Waals surface area (Å²) in [7, 11) is 1.65. The van der Waals surface area contributed by atoms with Crippen LogP contribution < -0.4 is 10.1 Å². The van der Waals surface area contributed by atoms with E-state index in [4.69, 9.17) is 4.74 Å². The zero-order chi connectivity index (χ0) is 14.6. The minimum absolute atomic E-state index is 0.245. The molecule has 1 rings (SSSR count). The van der Waals surface area contributed by atoms with Crippen LogP contribution in [0.15, 0.2) is 12.4 Å². The molecule has 1 heterocycles. The predicted octanol–water partition coefficient (Wildman–Crippen LogP) is 3.89. The van der Waals surface area contributed by atoms with Crippen LogP contribution in [0.2, 0.25) is 0 Å². The Morgan fingerprint density at radius 2 is 1.75 bits per heavy atom. The molecule has 1 atom stereocenters. The number of nitrogens with one attached hydrogen (secondary N) is 1. The first kappa shape index (κ1) is 16.9. The van der Waals surface area contributed by atoms with Gasteiger partial charge in [-0.1, -0.05) is 52.4 Å². The molecule has 1 unspecified atom stereocenters. The summed E-state index contributed by atoms with van der Waals surface area (Å²) >= 11 is 0. The second-order valence-corrected chi connectivity index (χ2v) is 5.12. The molecule has 1 aromatic rings. The van der Waals surface area contributed by atoms with E-state index in [1.165, 1.54) is 38.5 Å². The van der Waals surface area contributed by atoms with Crippen LogP contribution in [0.5, 0.6) is 5.88 Å². The number of unbranched alkanes of at least 4 members (excludes halogenated alkanes) is 5. The predicted molar refractivity (Wildman–Crippen MR) is 83.0 cm³/mol. The third kappa shape index (κ3) is 5.87. The number of aromatic nitrogens is 2. The molecular weight excluding hydrogens is 250 g/mol. The molecule has 0 aliphatic carbocycles. The second kappa shape index (κ2) is 10.6. The van der Waals surface area contributed by atoms with Gasteiger partial charge in [0.05, 0.1) is 13.2 Å². The molecular formula is C16H29N3O. The van der Waals surface area contributed by atoms with Crippen molar-refractivity contribution in [1.29, 1.82) is 0 Å². The van der Waals surface area contributed by atoms with Crippen molar-refractivity contribution >= 4 is 0 Å². The third-order valence-electron chi connectivity index (χ3n) is 3.51. The van der Waals surface area contributed by atoms with Crippen LogP contribution in [0.1, 0.15) is 70.5 Å². The molecule has 0 spiro atoms. The van der Waals surface area contributed by atoms with Gasteiger partial charge in [-0.2, -0.15) is 0 Å². The van der Waals surface area contributed by atoms with Gasteiger partial charge in [0.2, 0.25) is 5.88 Å². The van der Waals surface area contributed by atoms with Crippen LogP contribution >= 0.6 is 0 Å². The molecule has 0 radical (unpaired) electrons. The zero-order valence-electron chi connectivity index (χ0n) is 13.2. The SMILES string of the molecule is CCCCCCCCC(NCC)c1nccnc1OC. The van der Waals surface area contributed by atoms with Crippen LogP contribution in [0.3, 0.4) is 0 Å². The van der Waals surface area contributed by atoms with Gasteiger partial charge in [-0.25, -0.2) is 4.98 Å². The largest absolute Gasteiger partial charge is 0.480 e. The summed E-state index contributed by atoms with van der Waals surface area (Å²) < 4.78 is 5.32. The highest BCUT2D eigenvalue weighted by molar-refractivity contribution is 5.21. The molecule has 4 heteroatoms. The van der Waals surface area contributed by atoms with Crippen molar-refractivity contribution in [3.8, 4) is 5.88 Å². The van der Waals surface area contributed by atoms with Gasteiger partial charge in [0.25, 0.3) is 0 Å². The first-order valence-corrected chi connectivity index (χ1v) is 7.91. The highest BCUT2D eigenvalue weighted by Gasteiger charge is 2.17. The fourth-order valence-corrected chi connectivity index (χ4v) is 2.44. The zero-order valence-corrected chi connectivity index (χ0v) is 13.2. The molecule has 0 fully saturated rings. The molecule has 0 bridgehead atoms. The Bertz CT molecular complexity index is 357. The molecule has 1 N–H and O–H groups in total. The van der Waals surface area contributed by atoms with Gasteiger partial charge in [-0.15, -0.1) is 0 Å². The Kier molecular flexibility index (Phi) is 8.96. The van der Waals surface area contributed by atoms with E-state index < -0.39 is 0 Å². The average molecular weight is 279 g/mol. The first-order chi connectivity index (χ1) is 9.83. The van der Waals surface area contributed by atoms with Crippen LogP contribution in [-0.2, 0) is 0 Å². The second-order valence-electron chi connectivity index (χ2n) is 5.12. The topological polar surface area (TPSA) is 47.0 Å². The van der Waals surface area contributed by atoms with Gasteiger partial charge >= 0.3 is 0 Å². The van der Waals surface area contributed by atoms with Crippen molar-refractivity contribution in [2.24, 2.45) is 0 Å². The van der Waals surface area contributed by atoms with Gasteiger partial charge in [0.15, 0.2) is 0 Å². The van der Waals surface area contributed by atoms with E-state index in [9.17, 15) is 0 Å². The van der Waals surface area contributed by atoms with Gasteiger partial charge in [-0.05, 0) is 13.0 Å². The van der Waals surface area contributed by atoms with Crippen LogP contribution in [0.4, 0.5) is 0 Å². The van der Waals surface area contributed by atoms with Crippen LogP contribution in [-0.4, -0.2) is 23.6 Å². The van der Waals surface area contributed by atoms with Gasteiger partial charge < -0.3 is 10.1 Å². The fourth-order valence-electron chi connectivity index (χ4n) is 2.44. The molecule has 0 saturated carbocycles. The highest BCUT2D eigenvalue weighted by atomic mass is 16.5. The normalized spacial score (nSPS) is 12.3. The summed E-state index contributed by atoms with van der Waals surface area (Å²) in [5, 5.41) is 3.49. The van der Waals surface area contributed by atoms with E-state index in [1.807, 2.05) is 0 Å². The maximum Gasteiger partial charge on any atom is 0.236 e. The van der Waals surface area contributed by atoms with E-state index in [0.717, 1.165) is 18.7 Å². The summed E-state index contributed by atoms with van der Waals surface area (Å²) in [6.45, 7) is 5.30. The molecule has 0 saturated heterocycles. The number of methoxy groups -OCH3 is 1. The van der Waals surface area contributed by atoms with Crippen molar-refractivity contribution in [3.05, 3.63) is 18.1 Å². The Hall–Kier alpha value is -1.16. The monoisotopic (exact) mass is 279 g/mol. The summed E-state index contributed by atoms with van der Waals surface area (Å²) in [5.41, 5.74) is 0.936. The average Bonchev–Trinajstić information content (AvgIpc) is 2.49. The summed E-state index contributed by atoms with van der Waals surface area (Å²) in [6.07, 6.45) is 12.4. The Morgan fingerprint density at radius 1 is 1.05 bits per heavy atom. The molecule has 1 aromatic heterocycles. The Morgan fingerprint density at radius 3 is 2.45 bits per heavy atom. The molecule has 0 aromatic carbocycles. The minimum Gasteiger partial charge on any atom is -0.480 e. The number of hydrogen-bond acceptors (Lipinski definition) is 4. The van der Waals surface area contributed by atoms with Crippen molar-refractivity contribution in [3.63, 3.8) is 0 Å².